The molecule has 0 radical (unpaired) electrons. The van der Waals surface area contributed by atoms with Crippen LogP contribution in [0.2, 0.25) is 0 Å². The lowest BCUT2D eigenvalue weighted by molar-refractivity contribution is -0.136. The molecule has 1 saturated heterocycles. The highest BCUT2D eigenvalue weighted by Gasteiger charge is 2.24. The second-order valence-electron chi connectivity index (χ2n) is 6.08. The molecule has 1 aromatic carbocycles. The first-order chi connectivity index (χ1) is 13.2. The van der Waals surface area contributed by atoms with Crippen molar-refractivity contribution in [1.82, 2.24) is 30.7 Å². The second-order valence-corrected chi connectivity index (χ2v) is 6.08. The van der Waals surface area contributed by atoms with Crippen molar-refractivity contribution < 1.29 is 14.3 Å². The number of aromatic amines is 2. The average molecular weight is 370 g/mol. The van der Waals surface area contributed by atoms with E-state index in [9.17, 15) is 9.59 Å². The van der Waals surface area contributed by atoms with Crippen LogP contribution in [0.1, 0.15) is 19.8 Å². The first-order valence-corrected chi connectivity index (χ1v) is 8.69. The molecular formula is C17H18N6O4. The van der Waals surface area contributed by atoms with Gasteiger partial charge in [0, 0.05) is 6.07 Å². The van der Waals surface area contributed by atoms with Gasteiger partial charge in [-0.25, -0.2) is 14.9 Å². The lowest BCUT2D eigenvalue weighted by atomic mass is 10.1. The number of hydrogen-bond donors (Lipinski definition) is 3. The van der Waals surface area contributed by atoms with E-state index in [1.807, 2.05) is 6.92 Å². The number of ether oxygens (including phenoxy) is 2. The summed E-state index contributed by atoms with van der Waals surface area (Å²) >= 11 is 0. The lowest BCUT2D eigenvalue weighted by Gasteiger charge is -2.13. The molecule has 0 spiro atoms. The summed E-state index contributed by atoms with van der Waals surface area (Å²) in [6.45, 7) is 3.04. The topological polar surface area (TPSA) is 135 Å². The van der Waals surface area contributed by atoms with E-state index >= 15 is 0 Å². The third-order valence-corrected chi connectivity index (χ3v) is 4.27. The van der Waals surface area contributed by atoms with Crippen LogP contribution in [0.15, 0.2) is 23.0 Å². The van der Waals surface area contributed by atoms with E-state index < -0.39 is 5.56 Å². The molecule has 10 heteroatoms. The Morgan fingerprint density at radius 1 is 1.37 bits per heavy atom. The number of benzene rings is 1. The van der Waals surface area contributed by atoms with Crippen LogP contribution in [0.4, 0.5) is 0 Å². The minimum Gasteiger partial charge on any atom is -0.493 e. The van der Waals surface area contributed by atoms with Crippen LogP contribution in [0.3, 0.4) is 0 Å². The van der Waals surface area contributed by atoms with Crippen molar-refractivity contribution in [2.24, 2.45) is 0 Å². The van der Waals surface area contributed by atoms with Gasteiger partial charge in [-0.15, -0.1) is 5.10 Å². The van der Waals surface area contributed by atoms with Gasteiger partial charge < -0.3 is 19.8 Å². The van der Waals surface area contributed by atoms with Crippen molar-refractivity contribution in [1.29, 1.82) is 0 Å². The molecule has 0 saturated carbocycles. The van der Waals surface area contributed by atoms with Crippen LogP contribution >= 0.6 is 0 Å². The Hall–Kier alpha value is -3.27. The fourth-order valence-electron chi connectivity index (χ4n) is 3.00. The third kappa shape index (κ3) is 3.38. The average Bonchev–Trinajstić information content (AvgIpc) is 3.34. The van der Waals surface area contributed by atoms with Crippen LogP contribution in [0, 0.1) is 0 Å². The fourth-order valence-corrected chi connectivity index (χ4v) is 3.00. The highest BCUT2D eigenvalue weighted by molar-refractivity contribution is 5.79. The second kappa shape index (κ2) is 7.16. The van der Waals surface area contributed by atoms with E-state index in [0.717, 1.165) is 19.4 Å². The quantitative estimate of drug-likeness (QED) is 0.443. The maximum absolute atomic E-state index is 12.2. The smallest absolute Gasteiger partial charge is 0.328 e. The minimum absolute atomic E-state index is 0.131. The van der Waals surface area contributed by atoms with Crippen LogP contribution in [0.5, 0.6) is 11.5 Å². The first kappa shape index (κ1) is 17.2. The lowest BCUT2D eigenvalue weighted by Crippen LogP contribution is -2.34. The Bertz CT molecular complexity index is 1040. The predicted molar refractivity (Wildman–Crippen MR) is 95.6 cm³/mol. The highest BCUT2D eigenvalue weighted by Crippen LogP contribution is 2.32. The van der Waals surface area contributed by atoms with E-state index in [1.54, 1.807) is 18.2 Å². The van der Waals surface area contributed by atoms with E-state index in [-0.39, 0.29) is 23.2 Å². The van der Waals surface area contributed by atoms with E-state index in [2.05, 4.69) is 30.7 Å². The molecule has 3 heterocycles. The standard InChI is InChI=1S/C17H18N6O4/c1-2-26-12-8-9(27-17(25)11-4-3-7-18-11)5-6-10(12)14-19-15-13(16(24)20-14)21-23-22-15/h5-6,8,11,18H,2-4,7H2,1H3,(H2,19,20,21,22,23,24)/t11-/m0/s1. The highest BCUT2D eigenvalue weighted by atomic mass is 16.5. The van der Waals surface area contributed by atoms with Gasteiger partial charge in [-0.3, -0.25) is 4.79 Å². The number of H-pyrrole nitrogens is 2. The summed E-state index contributed by atoms with van der Waals surface area (Å²) in [5, 5.41) is 13.0. The van der Waals surface area contributed by atoms with Crippen LogP contribution in [-0.2, 0) is 4.79 Å². The molecule has 0 aliphatic carbocycles. The van der Waals surface area contributed by atoms with Crippen LogP contribution in [-0.4, -0.2) is 50.5 Å². The van der Waals surface area contributed by atoms with Gasteiger partial charge in [0.1, 0.15) is 23.4 Å². The van der Waals surface area contributed by atoms with E-state index in [4.69, 9.17) is 9.47 Å². The maximum atomic E-state index is 12.2. The zero-order valence-corrected chi connectivity index (χ0v) is 14.6. The molecule has 4 rings (SSSR count). The monoisotopic (exact) mass is 370 g/mol. The van der Waals surface area contributed by atoms with Gasteiger partial charge in [-0.05, 0) is 38.4 Å². The molecule has 27 heavy (non-hydrogen) atoms. The molecule has 3 aromatic rings. The van der Waals surface area contributed by atoms with Crippen molar-refractivity contribution in [2.75, 3.05) is 13.2 Å². The summed E-state index contributed by atoms with van der Waals surface area (Å²) in [5.41, 5.74) is 0.559. The van der Waals surface area contributed by atoms with Gasteiger partial charge in [-0.2, -0.15) is 0 Å². The van der Waals surface area contributed by atoms with Gasteiger partial charge in [0.05, 0.1) is 12.2 Å². The van der Waals surface area contributed by atoms with Crippen molar-refractivity contribution in [3.8, 4) is 22.9 Å². The zero-order chi connectivity index (χ0) is 18.8. The fraction of sp³-hybridized carbons (Fsp3) is 0.353. The van der Waals surface area contributed by atoms with Gasteiger partial charge in [0.25, 0.3) is 5.56 Å². The molecule has 1 aliphatic rings. The van der Waals surface area contributed by atoms with Crippen molar-refractivity contribution in [2.45, 2.75) is 25.8 Å². The van der Waals surface area contributed by atoms with E-state index in [1.165, 1.54) is 0 Å². The number of carbonyl (C=O) groups excluding carboxylic acids is 1. The number of aromatic nitrogens is 5. The zero-order valence-electron chi connectivity index (χ0n) is 14.6. The van der Waals surface area contributed by atoms with Gasteiger partial charge in [0.15, 0.2) is 11.2 Å². The largest absolute Gasteiger partial charge is 0.493 e. The van der Waals surface area contributed by atoms with E-state index in [0.29, 0.717) is 29.5 Å². The molecule has 1 atom stereocenters. The molecule has 1 fully saturated rings. The number of fused-ring (bicyclic) bond motifs is 1. The molecule has 0 unspecified atom stereocenters. The third-order valence-electron chi connectivity index (χ3n) is 4.27. The Kier molecular flexibility index (Phi) is 4.55. The first-order valence-electron chi connectivity index (χ1n) is 8.69. The molecule has 140 valence electrons. The Morgan fingerprint density at radius 2 is 2.26 bits per heavy atom. The van der Waals surface area contributed by atoms with Gasteiger partial charge >= 0.3 is 5.97 Å². The maximum Gasteiger partial charge on any atom is 0.328 e. The van der Waals surface area contributed by atoms with Crippen molar-refractivity contribution >= 4 is 17.1 Å². The Balaban J connectivity index is 1.67. The molecule has 3 N–H and O–H groups in total. The molecule has 10 nitrogen and oxygen atoms in total. The molecule has 0 amide bonds. The molecular weight excluding hydrogens is 352 g/mol. The summed E-state index contributed by atoms with van der Waals surface area (Å²) in [7, 11) is 0. The Morgan fingerprint density at radius 3 is 3.04 bits per heavy atom. The number of esters is 1. The van der Waals surface area contributed by atoms with Crippen LogP contribution < -0.4 is 20.3 Å². The number of nitrogens with zero attached hydrogens (tertiary/aromatic N) is 3. The predicted octanol–water partition coefficient (Wildman–Crippen LogP) is 0.764. The Labute approximate surface area is 153 Å². The number of carbonyl (C=O) groups is 1. The van der Waals surface area contributed by atoms with Gasteiger partial charge in [0.2, 0.25) is 0 Å². The van der Waals surface area contributed by atoms with Crippen LogP contribution in [0.25, 0.3) is 22.6 Å². The van der Waals surface area contributed by atoms with Gasteiger partial charge in [-0.1, -0.05) is 5.21 Å². The summed E-state index contributed by atoms with van der Waals surface area (Å²) < 4.78 is 11.1. The molecule has 1 aliphatic heterocycles. The van der Waals surface area contributed by atoms with Crippen molar-refractivity contribution in [3.05, 3.63) is 28.6 Å². The summed E-state index contributed by atoms with van der Waals surface area (Å²) in [4.78, 5) is 31.3. The SMILES string of the molecule is CCOc1cc(OC(=O)[C@@H]2CCCN2)ccc1-c1nc2[nH]nnc2c(=O)[nH]1. The summed E-state index contributed by atoms with van der Waals surface area (Å²) in [6, 6.07) is 4.65. The number of rotatable bonds is 5. The van der Waals surface area contributed by atoms with Crippen molar-refractivity contribution in [3.63, 3.8) is 0 Å². The number of hydrogen-bond acceptors (Lipinski definition) is 8. The molecule has 0 bridgehead atoms. The molecule has 2 aromatic heterocycles. The minimum atomic E-state index is -0.408. The normalized spacial score (nSPS) is 16.6. The number of nitrogens with one attached hydrogen (secondary N) is 3. The summed E-state index contributed by atoms with van der Waals surface area (Å²) in [5.74, 6) is 0.793. The summed E-state index contributed by atoms with van der Waals surface area (Å²) in [6.07, 6.45) is 1.71.